The van der Waals surface area contributed by atoms with Crippen LogP contribution in [0.1, 0.15) is 288 Å². The highest BCUT2D eigenvalue weighted by molar-refractivity contribution is 5.27. The highest BCUT2D eigenvalue weighted by Gasteiger charge is 2.14. The molecule has 1 aromatic rings. The van der Waals surface area contributed by atoms with Gasteiger partial charge in [-0.15, -0.1) is 0 Å². The highest BCUT2D eigenvalue weighted by atomic mass is 14.9. The first-order chi connectivity index (χ1) is 25.3. The Morgan fingerprint density at radius 2 is 0.471 bits per heavy atom. The molecule has 0 amide bonds. The van der Waals surface area contributed by atoms with Gasteiger partial charge < -0.3 is 0 Å². The van der Waals surface area contributed by atoms with Crippen molar-refractivity contribution < 1.29 is 0 Å². The Bertz CT molecular complexity index is 782. The van der Waals surface area contributed by atoms with E-state index >= 15 is 0 Å². The van der Waals surface area contributed by atoms with Crippen molar-refractivity contribution in [2.45, 2.75) is 291 Å². The van der Waals surface area contributed by atoms with Crippen LogP contribution in [0.2, 0.25) is 0 Å². The van der Waals surface area contributed by atoms with Crippen molar-refractivity contribution in [1.29, 1.82) is 0 Å². The minimum absolute atomic E-state index is 1.04. The fourth-order valence-corrected chi connectivity index (χ4v) is 8.09. The van der Waals surface area contributed by atoms with Crippen LogP contribution >= 0.6 is 0 Å². The van der Waals surface area contributed by atoms with Gasteiger partial charge in [-0.2, -0.15) is 0 Å². The van der Waals surface area contributed by atoms with Crippen LogP contribution in [0.4, 0.5) is 0 Å². The fraction of sp³-hybridized carbons (Fsp3) is 0.918. The Hall–Kier alpha value is -0.920. The number of hydrogen-bond acceptors (Lipinski definition) is 2. The molecule has 0 bridgehead atoms. The van der Waals surface area contributed by atoms with Crippen molar-refractivity contribution in [1.82, 2.24) is 9.97 Å². The molecule has 0 atom stereocenters. The maximum Gasteiger partial charge on any atom is 0.128 e. The first-order valence-electron chi connectivity index (χ1n) is 24.1. The van der Waals surface area contributed by atoms with Crippen LogP contribution in [-0.2, 0) is 25.7 Å². The van der Waals surface area contributed by atoms with Gasteiger partial charge in [0.05, 0.1) is 0 Å². The lowest BCUT2D eigenvalue weighted by Gasteiger charge is -2.16. The Morgan fingerprint density at radius 1 is 0.235 bits per heavy atom. The molecule has 0 aliphatic heterocycles. The van der Waals surface area contributed by atoms with E-state index < -0.39 is 0 Å². The van der Waals surface area contributed by atoms with E-state index in [2.05, 4.69) is 27.7 Å². The molecule has 1 heterocycles. The maximum absolute atomic E-state index is 5.29. The van der Waals surface area contributed by atoms with E-state index in [1.54, 1.807) is 5.56 Å². The molecular weight excluding hydrogens is 617 g/mol. The monoisotopic (exact) mass is 711 g/mol. The first-order valence-corrected chi connectivity index (χ1v) is 24.1. The van der Waals surface area contributed by atoms with Crippen LogP contribution in [0.25, 0.3) is 0 Å². The van der Waals surface area contributed by atoms with Gasteiger partial charge in [0.25, 0.3) is 0 Å². The van der Waals surface area contributed by atoms with Gasteiger partial charge in [0.15, 0.2) is 0 Å². The Labute approximate surface area is 322 Å². The van der Waals surface area contributed by atoms with Gasteiger partial charge in [0.2, 0.25) is 0 Å². The zero-order valence-electron chi connectivity index (χ0n) is 35.9. The lowest BCUT2D eigenvalue weighted by atomic mass is 9.96. The summed E-state index contributed by atoms with van der Waals surface area (Å²) in [4.78, 5) is 10.6. The molecule has 0 spiro atoms. The second-order valence-electron chi connectivity index (χ2n) is 16.7. The predicted molar refractivity (Wildman–Crippen MR) is 230 cm³/mol. The lowest BCUT2D eigenvalue weighted by molar-refractivity contribution is 0.538. The van der Waals surface area contributed by atoms with Crippen molar-refractivity contribution in [3.8, 4) is 0 Å². The van der Waals surface area contributed by atoms with Gasteiger partial charge in [-0.25, -0.2) is 9.97 Å². The largest absolute Gasteiger partial charge is 0.238 e. The minimum Gasteiger partial charge on any atom is -0.238 e. The van der Waals surface area contributed by atoms with Gasteiger partial charge in [-0.05, 0) is 50.5 Å². The number of unbranched alkanes of at least 4 members (excludes halogenated alkanes) is 33. The fourth-order valence-electron chi connectivity index (χ4n) is 8.09. The molecule has 1 rings (SSSR count). The Balaban J connectivity index is 2.56. The molecule has 2 nitrogen and oxygen atoms in total. The van der Waals surface area contributed by atoms with Gasteiger partial charge in [-0.1, -0.05) is 240 Å². The van der Waals surface area contributed by atoms with E-state index in [1.165, 1.54) is 262 Å². The third-order valence-electron chi connectivity index (χ3n) is 11.5. The molecule has 0 radical (unpaired) electrons. The molecule has 300 valence electrons. The SMILES string of the molecule is CCCCCCCCCCCCCCc1nc(CCC)nc(CCCCCCCCCCCCCC)c1CCCCCCCCCCCCCC. The number of aryl methyl sites for hydroxylation is 3. The molecule has 0 aliphatic carbocycles. The molecule has 0 saturated carbocycles. The highest BCUT2D eigenvalue weighted by Crippen LogP contribution is 2.23. The molecule has 0 N–H and O–H groups in total. The zero-order valence-corrected chi connectivity index (χ0v) is 35.9. The lowest BCUT2D eigenvalue weighted by Crippen LogP contribution is -2.11. The van der Waals surface area contributed by atoms with Gasteiger partial charge in [0.1, 0.15) is 5.82 Å². The van der Waals surface area contributed by atoms with E-state index in [-0.39, 0.29) is 0 Å². The number of rotatable bonds is 41. The molecule has 1 aromatic heterocycles. The maximum atomic E-state index is 5.29. The van der Waals surface area contributed by atoms with Crippen LogP contribution in [0, 0.1) is 0 Å². The second kappa shape index (κ2) is 38.8. The molecule has 0 fully saturated rings. The third-order valence-corrected chi connectivity index (χ3v) is 11.5. The molecular formula is C49H94N2. The Kier molecular flexibility index (Phi) is 36.6. The quantitative estimate of drug-likeness (QED) is 0.0632. The normalized spacial score (nSPS) is 11.6. The molecule has 51 heavy (non-hydrogen) atoms. The smallest absolute Gasteiger partial charge is 0.128 e. The summed E-state index contributed by atoms with van der Waals surface area (Å²) in [5.74, 6) is 1.14. The minimum atomic E-state index is 1.04. The van der Waals surface area contributed by atoms with Crippen molar-refractivity contribution in [3.05, 3.63) is 22.8 Å². The van der Waals surface area contributed by atoms with E-state index in [0.717, 1.165) is 18.7 Å². The number of aromatic nitrogens is 2. The summed E-state index contributed by atoms with van der Waals surface area (Å²) in [6.07, 6.45) is 56.8. The van der Waals surface area contributed by atoms with Crippen LogP contribution in [0.15, 0.2) is 0 Å². The molecule has 2 heteroatoms. The molecule has 0 aliphatic rings. The van der Waals surface area contributed by atoms with Crippen LogP contribution < -0.4 is 0 Å². The zero-order chi connectivity index (χ0) is 36.7. The first kappa shape index (κ1) is 48.1. The summed E-state index contributed by atoms with van der Waals surface area (Å²) in [6, 6.07) is 0. The summed E-state index contributed by atoms with van der Waals surface area (Å²) in [5.41, 5.74) is 4.46. The van der Waals surface area contributed by atoms with Gasteiger partial charge in [0, 0.05) is 17.8 Å². The molecule has 0 saturated heterocycles. The third kappa shape index (κ3) is 30.1. The molecule has 0 unspecified atom stereocenters. The van der Waals surface area contributed by atoms with Crippen molar-refractivity contribution >= 4 is 0 Å². The topological polar surface area (TPSA) is 25.8 Å². The summed E-state index contributed by atoms with van der Waals surface area (Å²) < 4.78 is 0. The number of hydrogen-bond donors (Lipinski definition) is 0. The van der Waals surface area contributed by atoms with Gasteiger partial charge in [-0.3, -0.25) is 0 Å². The average Bonchev–Trinajstić information content (AvgIpc) is 3.13. The van der Waals surface area contributed by atoms with E-state index in [0.29, 0.717) is 0 Å². The standard InChI is InChI=1S/C49H94N2/c1-5-9-12-15-18-21-24-27-30-33-36-39-43-46-47(44-40-37-34-31-28-25-22-19-16-13-10-6-2)50-49(42-8-4)51-48(46)45-41-38-35-32-29-26-23-20-17-14-11-7-3/h5-45H2,1-4H3. The summed E-state index contributed by atoms with van der Waals surface area (Å²) in [5, 5.41) is 0. The van der Waals surface area contributed by atoms with E-state index in [1.807, 2.05) is 0 Å². The summed E-state index contributed by atoms with van der Waals surface area (Å²) in [7, 11) is 0. The average molecular weight is 711 g/mol. The number of nitrogens with zero attached hydrogens (tertiary/aromatic N) is 2. The predicted octanol–water partition coefficient (Wildman–Crippen LogP) is 17.2. The summed E-state index contributed by atoms with van der Waals surface area (Å²) in [6.45, 7) is 9.24. The molecule has 0 aromatic carbocycles. The van der Waals surface area contributed by atoms with Crippen molar-refractivity contribution in [3.63, 3.8) is 0 Å². The van der Waals surface area contributed by atoms with Crippen LogP contribution in [-0.4, -0.2) is 9.97 Å². The van der Waals surface area contributed by atoms with E-state index in [9.17, 15) is 0 Å². The van der Waals surface area contributed by atoms with Crippen molar-refractivity contribution in [2.75, 3.05) is 0 Å². The van der Waals surface area contributed by atoms with Crippen LogP contribution in [0.5, 0.6) is 0 Å². The van der Waals surface area contributed by atoms with Gasteiger partial charge >= 0.3 is 0 Å². The second-order valence-corrected chi connectivity index (χ2v) is 16.7. The Morgan fingerprint density at radius 3 is 0.725 bits per heavy atom. The van der Waals surface area contributed by atoms with E-state index in [4.69, 9.17) is 9.97 Å². The summed E-state index contributed by atoms with van der Waals surface area (Å²) >= 11 is 0. The van der Waals surface area contributed by atoms with Crippen LogP contribution in [0.3, 0.4) is 0 Å². The van der Waals surface area contributed by atoms with Crippen molar-refractivity contribution in [2.24, 2.45) is 0 Å².